The molecule has 8 heteroatoms. The van der Waals surface area contributed by atoms with E-state index in [0.717, 1.165) is 17.8 Å². The summed E-state index contributed by atoms with van der Waals surface area (Å²) in [4.78, 5) is 14.4. The third-order valence-electron chi connectivity index (χ3n) is 4.46. The molecular weight excluding hydrogens is 340 g/mol. The van der Waals surface area contributed by atoms with Crippen LogP contribution in [0.2, 0.25) is 0 Å². The van der Waals surface area contributed by atoms with E-state index < -0.39 is 10.0 Å². The average Bonchev–Trinajstić information content (AvgIpc) is 3.02. The van der Waals surface area contributed by atoms with Gasteiger partial charge in [0.1, 0.15) is 5.82 Å². The summed E-state index contributed by atoms with van der Waals surface area (Å²) in [5.74, 6) is 0.901. The number of nitrogens with one attached hydrogen (secondary N) is 1. The Balaban J connectivity index is 1.82. The van der Waals surface area contributed by atoms with Crippen LogP contribution >= 0.6 is 0 Å². The first kappa shape index (κ1) is 17.8. The number of anilines is 1. The first-order chi connectivity index (χ1) is 11.9. The van der Waals surface area contributed by atoms with E-state index in [-0.39, 0.29) is 5.91 Å². The van der Waals surface area contributed by atoms with Gasteiger partial charge in [0, 0.05) is 44.4 Å². The second-order valence-electron chi connectivity index (χ2n) is 6.31. The fraction of sp³-hybridized carbons (Fsp3) is 0.471. The lowest BCUT2D eigenvalue weighted by Gasteiger charge is -2.34. The second kappa shape index (κ2) is 7.05. The standard InChI is InChI=1S/C17H24N4O3S/c1-3-8-18-17(22)14-4-5-15-6-7-16(21(15)13-14)19-9-11-20(12-10-19)25(2,23)24/h4-7,13H,3,8-12H2,1-2H3,(H,18,22). The van der Waals surface area contributed by atoms with Crippen LogP contribution in [0.1, 0.15) is 23.7 Å². The zero-order valence-corrected chi connectivity index (χ0v) is 15.4. The summed E-state index contributed by atoms with van der Waals surface area (Å²) in [7, 11) is -3.14. The largest absolute Gasteiger partial charge is 0.355 e. The van der Waals surface area contributed by atoms with Gasteiger partial charge in [0.05, 0.1) is 11.8 Å². The highest BCUT2D eigenvalue weighted by atomic mass is 32.2. The quantitative estimate of drug-likeness (QED) is 0.864. The summed E-state index contributed by atoms with van der Waals surface area (Å²) < 4.78 is 26.8. The Morgan fingerprint density at radius 2 is 1.80 bits per heavy atom. The number of carbonyl (C=O) groups excluding carboxylic acids is 1. The summed E-state index contributed by atoms with van der Waals surface area (Å²) in [5, 5.41) is 2.89. The Labute approximate surface area is 148 Å². The first-order valence-corrected chi connectivity index (χ1v) is 10.3. The van der Waals surface area contributed by atoms with E-state index in [1.165, 1.54) is 10.6 Å². The number of hydrogen-bond donors (Lipinski definition) is 1. The number of nitrogens with zero attached hydrogens (tertiary/aromatic N) is 3. The van der Waals surface area contributed by atoms with Gasteiger partial charge < -0.3 is 14.6 Å². The van der Waals surface area contributed by atoms with E-state index in [2.05, 4.69) is 10.2 Å². The molecule has 1 saturated heterocycles. The maximum atomic E-state index is 12.2. The minimum absolute atomic E-state index is 0.0784. The summed E-state index contributed by atoms with van der Waals surface area (Å²) in [5.41, 5.74) is 1.63. The van der Waals surface area contributed by atoms with Crippen molar-refractivity contribution in [1.82, 2.24) is 14.0 Å². The Bertz CT molecular complexity index is 867. The van der Waals surface area contributed by atoms with Crippen molar-refractivity contribution in [2.45, 2.75) is 13.3 Å². The molecule has 1 amide bonds. The van der Waals surface area contributed by atoms with Gasteiger partial charge in [-0.25, -0.2) is 8.42 Å². The molecule has 0 unspecified atom stereocenters. The number of piperazine rings is 1. The van der Waals surface area contributed by atoms with Crippen LogP contribution in [0.25, 0.3) is 5.52 Å². The van der Waals surface area contributed by atoms with Crippen molar-refractivity contribution in [3.63, 3.8) is 0 Å². The van der Waals surface area contributed by atoms with Crippen LogP contribution in [0.3, 0.4) is 0 Å². The molecule has 3 rings (SSSR count). The van der Waals surface area contributed by atoms with Gasteiger partial charge in [0.2, 0.25) is 10.0 Å². The van der Waals surface area contributed by atoms with E-state index in [1.807, 2.05) is 41.8 Å². The van der Waals surface area contributed by atoms with Crippen molar-refractivity contribution in [2.75, 3.05) is 43.9 Å². The molecule has 25 heavy (non-hydrogen) atoms. The SMILES string of the molecule is CCCNC(=O)c1ccc2ccc(N3CCN(S(C)(=O)=O)CC3)n2c1. The number of rotatable bonds is 5. The van der Waals surface area contributed by atoms with Gasteiger partial charge in [-0.1, -0.05) is 6.92 Å². The van der Waals surface area contributed by atoms with Crippen LogP contribution in [-0.2, 0) is 10.0 Å². The monoisotopic (exact) mass is 364 g/mol. The van der Waals surface area contributed by atoms with Gasteiger partial charge in [0.25, 0.3) is 5.91 Å². The minimum Gasteiger partial charge on any atom is -0.355 e. The highest BCUT2D eigenvalue weighted by molar-refractivity contribution is 7.88. The molecule has 0 aliphatic carbocycles. The molecule has 7 nitrogen and oxygen atoms in total. The van der Waals surface area contributed by atoms with E-state index >= 15 is 0 Å². The van der Waals surface area contributed by atoms with Crippen molar-refractivity contribution in [3.8, 4) is 0 Å². The molecule has 0 radical (unpaired) electrons. The lowest BCUT2D eigenvalue weighted by molar-refractivity contribution is 0.0953. The van der Waals surface area contributed by atoms with Gasteiger partial charge in [0.15, 0.2) is 0 Å². The van der Waals surface area contributed by atoms with Gasteiger partial charge >= 0.3 is 0 Å². The molecule has 2 aromatic rings. The summed E-state index contributed by atoms with van der Waals surface area (Å²) >= 11 is 0. The van der Waals surface area contributed by atoms with Crippen LogP contribution in [0.15, 0.2) is 30.5 Å². The summed E-state index contributed by atoms with van der Waals surface area (Å²) in [6.07, 6.45) is 3.99. The molecule has 0 spiro atoms. The van der Waals surface area contributed by atoms with Gasteiger partial charge in [-0.2, -0.15) is 4.31 Å². The van der Waals surface area contributed by atoms with Crippen molar-refractivity contribution in [2.24, 2.45) is 0 Å². The average molecular weight is 364 g/mol. The van der Waals surface area contributed by atoms with E-state index in [4.69, 9.17) is 0 Å². The fourth-order valence-electron chi connectivity index (χ4n) is 3.07. The molecule has 1 aliphatic heterocycles. The predicted molar refractivity (Wildman–Crippen MR) is 98.7 cm³/mol. The molecule has 3 heterocycles. The smallest absolute Gasteiger partial charge is 0.252 e. The molecular formula is C17H24N4O3S. The lowest BCUT2D eigenvalue weighted by atomic mass is 10.2. The topological polar surface area (TPSA) is 74.1 Å². The highest BCUT2D eigenvalue weighted by Gasteiger charge is 2.24. The minimum atomic E-state index is -3.14. The zero-order valence-electron chi connectivity index (χ0n) is 14.6. The van der Waals surface area contributed by atoms with Crippen LogP contribution < -0.4 is 10.2 Å². The number of carbonyl (C=O) groups is 1. The number of pyridine rings is 1. The number of hydrogen-bond acceptors (Lipinski definition) is 4. The molecule has 136 valence electrons. The van der Waals surface area contributed by atoms with E-state index in [0.29, 0.717) is 38.3 Å². The summed E-state index contributed by atoms with van der Waals surface area (Å²) in [6, 6.07) is 7.77. The van der Waals surface area contributed by atoms with E-state index in [1.54, 1.807) is 0 Å². The Morgan fingerprint density at radius 1 is 1.12 bits per heavy atom. The summed E-state index contributed by atoms with van der Waals surface area (Å²) in [6.45, 7) is 4.88. The third kappa shape index (κ3) is 3.80. The maximum Gasteiger partial charge on any atom is 0.252 e. The van der Waals surface area contributed by atoms with Crippen molar-refractivity contribution < 1.29 is 13.2 Å². The van der Waals surface area contributed by atoms with Crippen LogP contribution in [0, 0.1) is 0 Å². The van der Waals surface area contributed by atoms with Crippen LogP contribution in [0.4, 0.5) is 5.82 Å². The second-order valence-corrected chi connectivity index (χ2v) is 8.29. The van der Waals surface area contributed by atoms with Crippen LogP contribution in [-0.4, -0.2) is 62.0 Å². The first-order valence-electron chi connectivity index (χ1n) is 8.49. The molecule has 1 fully saturated rings. The molecule has 0 aromatic carbocycles. The Hall–Kier alpha value is -2.06. The van der Waals surface area contributed by atoms with Crippen LogP contribution in [0.5, 0.6) is 0 Å². The van der Waals surface area contributed by atoms with E-state index in [9.17, 15) is 13.2 Å². The molecule has 0 saturated carbocycles. The molecule has 1 aliphatic rings. The molecule has 2 aromatic heterocycles. The normalized spacial score (nSPS) is 16.3. The Morgan fingerprint density at radius 3 is 2.44 bits per heavy atom. The van der Waals surface area contributed by atoms with Crippen molar-refractivity contribution in [1.29, 1.82) is 0 Å². The number of aromatic nitrogens is 1. The molecule has 1 N–H and O–H groups in total. The number of sulfonamides is 1. The lowest BCUT2D eigenvalue weighted by Crippen LogP contribution is -2.48. The van der Waals surface area contributed by atoms with Crippen molar-refractivity contribution >= 4 is 27.3 Å². The number of fused-ring (bicyclic) bond motifs is 1. The van der Waals surface area contributed by atoms with Gasteiger partial charge in [-0.3, -0.25) is 4.79 Å². The highest BCUT2D eigenvalue weighted by Crippen LogP contribution is 2.22. The van der Waals surface area contributed by atoms with Gasteiger partial charge in [-0.05, 0) is 30.7 Å². The molecule has 0 atom stereocenters. The third-order valence-corrected chi connectivity index (χ3v) is 5.76. The van der Waals surface area contributed by atoms with Crippen molar-refractivity contribution in [3.05, 3.63) is 36.0 Å². The predicted octanol–water partition coefficient (Wildman–Crippen LogP) is 1.16. The number of amides is 1. The van der Waals surface area contributed by atoms with Gasteiger partial charge in [-0.15, -0.1) is 0 Å². The Kier molecular flexibility index (Phi) is 5.01. The fourth-order valence-corrected chi connectivity index (χ4v) is 3.89. The maximum absolute atomic E-state index is 12.2. The zero-order chi connectivity index (χ0) is 18.0. The molecule has 0 bridgehead atoms.